The van der Waals surface area contributed by atoms with Crippen molar-refractivity contribution in [2.75, 3.05) is 13.6 Å². The maximum absolute atomic E-state index is 5.54. The van der Waals surface area contributed by atoms with Crippen molar-refractivity contribution in [3.63, 3.8) is 0 Å². The zero-order valence-electron chi connectivity index (χ0n) is 8.91. The lowest BCUT2D eigenvalue weighted by Gasteiger charge is -1.93. The van der Waals surface area contributed by atoms with E-state index in [1.165, 1.54) is 0 Å². The summed E-state index contributed by atoms with van der Waals surface area (Å²) in [4.78, 5) is 4.16. The van der Waals surface area contributed by atoms with E-state index < -0.39 is 0 Å². The number of nitrogens with one attached hydrogen (secondary N) is 1. The third-order valence-electron chi connectivity index (χ3n) is 2.13. The molecule has 2 rings (SSSR count). The molecule has 0 aromatic carbocycles. The maximum Gasteiger partial charge on any atom is 0.262 e. The summed E-state index contributed by atoms with van der Waals surface area (Å²) >= 11 is 0. The molecule has 0 aliphatic heterocycles. The Labute approximate surface area is 88.3 Å². The standard InChI is InChI=1S/C11H14N2O2/c1-8-3-4-10(14-8)11-13-7-9(15-11)5-6-12-2/h3-4,7,12H,5-6H2,1-2H3. The van der Waals surface area contributed by atoms with Gasteiger partial charge >= 0.3 is 0 Å². The van der Waals surface area contributed by atoms with Crippen LogP contribution in [0, 0.1) is 6.92 Å². The van der Waals surface area contributed by atoms with Gasteiger partial charge in [-0.3, -0.25) is 0 Å². The first-order chi connectivity index (χ1) is 7.29. The molecule has 0 bridgehead atoms. The molecule has 0 saturated carbocycles. The van der Waals surface area contributed by atoms with E-state index in [2.05, 4.69) is 10.3 Å². The van der Waals surface area contributed by atoms with Gasteiger partial charge in [-0.15, -0.1) is 0 Å². The van der Waals surface area contributed by atoms with Gasteiger partial charge in [0.15, 0.2) is 5.76 Å². The van der Waals surface area contributed by atoms with Crippen LogP contribution in [0.2, 0.25) is 0 Å². The molecule has 2 aromatic rings. The van der Waals surface area contributed by atoms with Gasteiger partial charge in [0.25, 0.3) is 5.89 Å². The van der Waals surface area contributed by atoms with Gasteiger partial charge in [-0.1, -0.05) is 0 Å². The lowest BCUT2D eigenvalue weighted by molar-refractivity contribution is 0.475. The Hall–Kier alpha value is -1.55. The molecule has 0 spiro atoms. The minimum Gasteiger partial charge on any atom is -0.456 e. The molecule has 2 aromatic heterocycles. The average molecular weight is 206 g/mol. The number of aryl methyl sites for hydroxylation is 1. The Morgan fingerprint density at radius 1 is 1.33 bits per heavy atom. The Balaban J connectivity index is 2.13. The quantitative estimate of drug-likeness (QED) is 0.831. The van der Waals surface area contributed by atoms with Crippen molar-refractivity contribution < 1.29 is 8.83 Å². The second-order valence-corrected chi connectivity index (χ2v) is 3.40. The van der Waals surface area contributed by atoms with Crippen LogP contribution in [-0.2, 0) is 6.42 Å². The molecular formula is C11H14N2O2. The third kappa shape index (κ3) is 2.27. The van der Waals surface area contributed by atoms with Crippen molar-refractivity contribution in [3.8, 4) is 11.7 Å². The fourth-order valence-corrected chi connectivity index (χ4v) is 1.33. The van der Waals surface area contributed by atoms with Gasteiger partial charge in [0.2, 0.25) is 0 Å². The first-order valence-electron chi connectivity index (χ1n) is 4.95. The van der Waals surface area contributed by atoms with E-state index in [0.29, 0.717) is 11.7 Å². The average Bonchev–Trinajstić information content (AvgIpc) is 2.83. The molecule has 4 heteroatoms. The van der Waals surface area contributed by atoms with E-state index in [-0.39, 0.29) is 0 Å². The Kier molecular flexibility index (Phi) is 2.87. The van der Waals surface area contributed by atoms with Gasteiger partial charge in [-0.2, -0.15) is 0 Å². The van der Waals surface area contributed by atoms with Crippen LogP contribution in [0.3, 0.4) is 0 Å². The lowest BCUT2D eigenvalue weighted by atomic mass is 10.3. The summed E-state index contributed by atoms with van der Waals surface area (Å²) in [6.07, 6.45) is 2.58. The van der Waals surface area contributed by atoms with Gasteiger partial charge in [0.1, 0.15) is 11.5 Å². The summed E-state index contributed by atoms with van der Waals surface area (Å²) in [5.74, 6) is 2.96. The van der Waals surface area contributed by atoms with E-state index in [1.807, 2.05) is 26.1 Å². The molecule has 0 saturated heterocycles. The highest BCUT2D eigenvalue weighted by atomic mass is 16.4. The minimum absolute atomic E-state index is 0.550. The number of rotatable bonds is 4. The van der Waals surface area contributed by atoms with Gasteiger partial charge < -0.3 is 14.2 Å². The highest BCUT2D eigenvalue weighted by Gasteiger charge is 2.09. The van der Waals surface area contributed by atoms with Crippen LogP contribution >= 0.6 is 0 Å². The third-order valence-corrected chi connectivity index (χ3v) is 2.13. The largest absolute Gasteiger partial charge is 0.456 e. The van der Waals surface area contributed by atoms with Crippen LogP contribution in [0.1, 0.15) is 11.5 Å². The number of likely N-dealkylation sites (N-methyl/N-ethyl adjacent to an activating group) is 1. The smallest absolute Gasteiger partial charge is 0.262 e. The zero-order chi connectivity index (χ0) is 10.7. The summed E-state index contributed by atoms with van der Waals surface area (Å²) in [5.41, 5.74) is 0. The maximum atomic E-state index is 5.54. The molecule has 0 aliphatic rings. The van der Waals surface area contributed by atoms with Crippen molar-refractivity contribution in [1.29, 1.82) is 0 Å². The van der Waals surface area contributed by atoms with Crippen LogP contribution in [0.5, 0.6) is 0 Å². The number of aromatic nitrogens is 1. The first-order valence-corrected chi connectivity index (χ1v) is 4.95. The fraction of sp³-hybridized carbons (Fsp3) is 0.364. The normalized spacial score (nSPS) is 10.8. The van der Waals surface area contributed by atoms with Gasteiger partial charge in [-0.05, 0) is 26.1 Å². The van der Waals surface area contributed by atoms with Crippen LogP contribution in [0.25, 0.3) is 11.7 Å². The number of oxazole rings is 1. The minimum atomic E-state index is 0.550. The molecule has 0 radical (unpaired) electrons. The summed E-state index contributed by atoms with van der Waals surface area (Å²) in [6, 6.07) is 3.76. The second kappa shape index (κ2) is 4.31. The predicted molar refractivity (Wildman–Crippen MR) is 56.6 cm³/mol. The molecule has 2 heterocycles. The van der Waals surface area contributed by atoms with Crippen molar-refractivity contribution in [2.45, 2.75) is 13.3 Å². The van der Waals surface area contributed by atoms with E-state index in [1.54, 1.807) is 6.20 Å². The molecule has 0 fully saturated rings. The molecule has 0 unspecified atom stereocenters. The van der Waals surface area contributed by atoms with E-state index in [9.17, 15) is 0 Å². The number of hydrogen-bond acceptors (Lipinski definition) is 4. The summed E-state index contributed by atoms with van der Waals surface area (Å²) in [7, 11) is 1.91. The van der Waals surface area contributed by atoms with Crippen molar-refractivity contribution in [3.05, 3.63) is 29.9 Å². The Bertz CT molecular complexity index is 431. The monoisotopic (exact) mass is 206 g/mol. The van der Waals surface area contributed by atoms with Crippen LogP contribution < -0.4 is 5.32 Å². The van der Waals surface area contributed by atoms with Gasteiger partial charge in [0.05, 0.1) is 6.20 Å². The van der Waals surface area contributed by atoms with E-state index in [4.69, 9.17) is 8.83 Å². The Morgan fingerprint density at radius 2 is 2.20 bits per heavy atom. The van der Waals surface area contributed by atoms with Crippen molar-refractivity contribution in [2.24, 2.45) is 0 Å². The highest BCUT2D eigenvalue weighted by molar-refractivity contribution is 5.44. The molecule has 0 amide bonds. The summed E-state index contributed by atoms with van der Waals surface area (Å²) in [5, 5.41) is 3.06. The van der Waals surface area contributed by atoms with Crippen LogP contribution in [0.15, 0.2) is 27.2 Å². The van der Waals surface area contributed by atoms with Crippen molar-refractivity contribution >= 4 is 0 Å². The molecule has 80 valence electrons. The summed E-state index contributed by atoms with van der Waals surface area (Å²) in [6.45, 7) is 2.78. The molecule has 1 N–H and O–H groups in total. The van der Waals surface area contributed by atoms with E-state index >= 15 is 0 Å². The van der Waals surface area contributed by atoms with Gasteiger partial charge in [0, 0.05) is 13.0 Å². The van der Waals surface area contributed by atoms with E-state index in [0.717, 1.165) is 24.5 Å². The fourth-order valence-electron chi connectivity index (χ4n) is 1.33. The van der Waals surface area contributed by atoms with Crippen LogP contribution in [0.4, 0.5) is 0 Å². The molecule has 4 nitrogen and oxygen atoms in total. The van der Waals surface area contributed by atoms with Gasteiger partial charge in [-0.25, -0.2) is 4.98 Å². The molecule has 15 heavy (non-hydrogen) atoms. The SMILES string of the molecule is CNCCc1cnc(-c2ccc(C)o2)o1. The molecule has 0 aliphatic carbocycles. The topological polar surface area (TPSA) is 51.2 Å². The predicted octanol–water partition coefficient (Wildman–Crippen LogP) is 2.00. The summed E-state index contributed by atoms with van der Waals surface area (Å²) < 4.78 is 11.0. The Morgan fingerprint density at radius 3 is 2.87 bits per heavy atom. The highest BCUT2D eigenvalue weighted by Crippen LogP contribution is 2.21. The first kappa shape index (κ1) is 9.98. The number of hydrogen-bond donors (Lipinski definition) is 1. The number of nitrogens with zero attached hydrogens (tertiary/aromatic N) is 1. The molecule has 0 atom stereocenters. The molecular weight excluding hydrogens is 192 g/mol. The zero-order valence-corrected chi connectivity index (χ0v) is 8.91. The second-order valence-electron chi connectivity index (χ2n) is 3.40. The van der Waals surface area contributed by atoms with Crippen molar-refractivity contribution in [1.82, 2.24) is 10.3 Å². The number of furan rings is 1. The van der Waals surface area contributed by atoms with Crippen LogP contribution in [-0.4, -0.2) is 18.6 Å². The lowest BCUT2D eigenvalue weighted by Crippen LogP contribution is -2.09.